The van der Waals surface area contributed by atoms with E-state index in [0.717, 1.165) is 43.9 Å². The molecule has 38 heavy (non-hydrogen) atoms. The molecule has 0 bridgehead atoms. The number of carbonyl (C=O) groups is 1. The van der Waals surface area contributed by atoms with Gasteiger partial charge in [-0.1, -0.05) is 11.6 Å². The van der Waals surface area contributed by atoms with Crippen LogP contribution in [-0.4, -0.2) is 87.0 Å². The van der Waals surface area contributed by atoms with Crippen LogP contribution in [0.4, 0.5) is 17.3 Å². The van der Waals surface area contributed by atoms with Crippen LogP contribution < -0.4 is 14.9 Å². The highest BCUT2D eigenvalue weighted by atomic mass is 35.5. The van der Waals surface area contributed by atoms with Crippen LogP contribution in [0.25, 0.3) is 5.65 Å². The minimum atomic E-state index is -1.34. The van der Waals surface area contributed by atoms with Gasteiger partial charge in [-0.25, -0.2) is 9.19 Å². The first-order valence-corrected chi connectivity index (χ1v) is 14.7. The molecule has 0 radical (unpaired) electrons. The quantitative estimate of drug-likeness (QED) is 0.383. The predicted octanol–water partition coefficient (Wildman–Crippen LogP) is 2.70. The lowest BCUT2D eigenvalue weighted by atomic mass is 9.98. The number of hydrogen-bond acceptors (Lipinski definition) is 8. The molecule has 2 fully saturated rings. The summed E-state index contributed by atoms with van der Waals surface area (Å²) in [7, 11) is -1.34. The van der Waals surface area contributed by atoms with Gasteiger partial charge in [0.15, 0.2) is 5.65 Å². The molecular formula is C25H32ClN7O4S. The van der Waals surface area contributed by atoms with Crippen molar-refractivity contribution in [1.82, 2.24) is 19.5 Å². The van der Waals surface area contributed by atoms with Crippen molar-refractivity contribution in [2.24, 2.45) is 0 Å². The molecule has 2 atom stereocenters. The van der Waals surface area contributed by atoms with Crippen LogP contribution in [0.2, 0.25) is 5.02 Å². The number of aromatic nitrogens is 3. The number of nitrogens with zero attached hydrogens (tertiary/aromatic N) is 5. The molecule has 11 nitrogen and oxygen atoms in total. The molecule has 2 saturated heterocycles. The van der Waals surface area contributed by atoms with E-state index in [1.165, 1.54) is 6.26 Å². The Bertz CT molecular complexity index is 1330. The van der Waals surface area contributed by atoms with Crippen LogP contribution in [0, 0.1) is 0 Å². The summed E-state index contributed by atoms with van der Waals surface area (Å²) in [5.74, 6) is 1.34. The molecule has 2 aliphatic rings. The molecule has 204 valence electrons. The van der Waals surface area contributed by atoms with Crippen molar-refractivity contribution in [2.75, 3.05) is 67.2 Å². The molecule has 3 N–H and O–H groups in total. The third-order valence-electron chi connectivity index (χ3n) is 6.75. The summed E-state index contributed by atoms with van der Waals surface area (Å²) in [5, 5.41) is 17.8. The molecule has 3 aromatic rings. The largest absolute Gasteiger partial charge is 0.395 e. The summed E-state index contributed by atoms with van der Waals surface area (Å²) in [6.45, 7) is 3.66. The van der Waals surface area contributed by atoms with Crippen LogP contribution in [0.1, 0.15) is 41.4 Å². The number of anilines is 3. The Morgan fingerprint density at radius 1 is 1.21 bits per heavy atom. The first-order chi connectivity index (χ1) is 18.4. The summed E-state index contributed by atoms with van der Waals surface area (Å²) in [6, 6.07) is 8.59. The first-order valence-electron chi connectivity index (χ1n) is 12.7. The number of halogens is 1. The van der Waals surface area contributed by atoms with E-state index in [9.17, 15) is 14.1 Å². The number of amides is 1. The highest BCUT2D eigenvalue weighted by Crippen LogP contribution is 2.35. The Morgan fingerprint density at radius 2 is 2.03 bits per heavy atom. The van der Waals surface area contributed by atoms with E-state index in [1.54, 1.807) is 18.2 Å². The van der Waals surface area contributed by atoms with Gasteiger partial charge >= 0.3 is 0 Å². The maximum Gasteiger partial charge on any atom is 0.256 e. The molecule has 0 aliphatic carbocycles. The third-order valence-corrected chi connectivity index (χ3v) is 7.49. The number of aliphatic hydroxyl groups is 1. The third kappa shape index (κ3) is 5.73. The lowest BCUT2D eigenvalue weighted by molar-refractivity contribution is 0.0607. The van der Waals surface area contributed by atoms with Gasteiger partial charge in [-0.05, 0) is 37.5 Å². The van der Waals surface area contributed by atoms with Gasteiger partial charge in [-0.3, -0.25) is 4.79 Å². The molecule has 5 rings (SSSR count). The average molecular weight is 562 g/mol. The summed E-state index contributed by atoms with van der Waals surface area (Å²) in [4.78, 5) is 22.6. The fraction of sp³-hybridized carbons (Fsp3) is 0.480. The van der Waals surface area contributed by atoms with Crippen molar-refractivity contribution in [3.05, 3.63) is 46.6 Å². The predicted molar refractivity (Wildman–Crippen MR) is 148 cm³/mol. The van der Waals surface area contributed by atoms with E-state index < -0.39 is 11.0 Å². The van der Waals surface area contributed by atoms with Crippen LogP contribution in [0.3, 0.4) is 0 Å². The normalized spacial score (nSPS) is 19.0. The fourth-order valence-corrected chi connectivity index (χ4v) is 5.67. The Hall–Kier alpha value is -2.93. The number of likely N-dealkylation sites (tertiary alicyclic amines) is 1. The van der Waals surface area contributed by atoms with Gasteiger partial charge in [0, 0.05) is 49.6 Å². The van der Waals surface area contributed by atoms with Crippen LogP contribution in [0.15, 0.2) is 30.3 Å². The topological polar surface area (TPSA) is 124 Å². The summed E-state index contributed by atoms with van der Waals surface area (Å²) < 4.78 is 22.1. The Kier molecular flexibility index (Phi) is 8.32. The maximum atomic E-state index is 13.9. The average Bonchev–Trinajstić information content (AvgIpc) is 3.36. The van der Waals surface area contributed by atoms with Crippen molar-refractivity contribution >= 4 is 51.5 Å². The first kappa shape index (κ1) is 26.7. The second kappa shape index (κ2) is 11.9. The van der Waals surface area contributed by atoms with Crippen LogP contribution in [-0.2, 0) is 15.7 Å². The smallest absolute Gasteiger partial charge is 0.256 e. The van der Waals surface area contributed by atoms with Crippen molar-refractivity contribution in [1.29, 1.82) is 0 Å². The fourth-order valence-electron chi connectivity index (χ4n) is 5.01. The van der Waals surface area contributed by atoms with Gasteiger partial charge in [-0.15, -0.1) is 0 Å². The zero-order valence-electron chi connectivity index (χ0n) is 21.2. The number of piperidine rings is 1. The van der Waals surface area contributed by atoms with E-state index >= 15 is 0 Å². The number of nitrogens with one attached hydrogen (secondary N) is 2. The molecule has 2 unspecified atom stereocenters. The van der Waals surface area contributed by atoms with Gasteiger partial charge in [0.25, 0.3) is 5.91 Å². The number of rotatable bonds is 8. The van der Waals surface area contributed by atoms with Gasteiger partial charge < -0.3 is 29.7 Å². The summed E-state index contributed by atoms with van der Waals surface area (Å²) in [6.07, 6.45) is 4.13. The highest BCUT2D eigenvalue weighted by Gasteiger charge is 2.32. The van der Waals surface area contributed by atoms with E-state index in [0.29, 0.717) is 54.0 Å². The van der Waals surface area contributed by atoms with Gasteiger partial charge in [0.2, 0.25) is 0 Å². The van der Waals surface area contributed by atoms with Gasteiger partial charge in [-0.2, -0.15) is 9.61 Å². The van der Waals surface area contributed by atoms with Crippen LogP contribution >= 0.6 is 11.6 Å². The number of morpholine rings is 1. The molecule has 13 heteroatoms. The van der Waals surface area contributed by atoms with Crippen molar-refractivity contribution in [3.63, 3.8) is 0 Å². The summed E-state index contributed by atoms with van der Waals surface area (Å²) in [5.41, 5.74) is 2.28. The van der Waals surface area contributed by atoms with Gasteiger partial charge in [0.05, 0.1) is 42.8 Å². The Balaban J connectivity index is 1.52. The minimum Gasteiger partial charge on any atom is -0.395 e. The summed E-state index contributed by atoms with van der Waals surface area (Å²) >= 11 is 6.25. The molecule has 2 aromatic heterocycles. The zero-order valence-corrected chi connectivity index (χ0v) is 22.8. The molecule has 2 aliphatic heterocycles. The molecule has 4 heterocycles. The second-order valence-electron chi connectivity index (χ2n) is 9.34. The standard InChI is InChI=1S/C25H32ClN7O4S/c1-38(36)30-19-6-5-17(26)14-18(19)25(35)32-8-3-2-4-21(32)20-15-23-28-22(27-7-11-34)16-24(33(23)29-20)31-9-12-37-13-10-31/h5-6,14-16,21,30,34H,2-4,7-13H2,1H3,(H,27,28). The van der Waals surface area contributed by atoms with Crippen molar-refractivity contribution in [2.45, 2.75) is 25.3 Å². The van der Waals surface area contributed by atoms with Crippen molar-refractivity contribution in [3.8, 4) is 0 Å². The monoisotopic (exact) mass is 561 g/mol. The van der Waals surface area contributed by atoms with Crippen LogP contribution in [0.5, 0.6) is 0 Å². The Morgan fingerprint density at radius 3 is 2.79 bits per heavy atom. The molecule has 0 saturated carbocycles. The number of aliphatic hydroxyl groups excluding tert-OH is 1. The lowest BCUT2D eigenvalue weighted by Gasteiger charge is -2.35. The highest BCUT2D eigenvalue weighted by molar-refractivity contribution is 7.85. The Labute approximate surface area is 228 Å². The molecule has 0 spiro atoms. The maximum absolute atomic E-state index is 13.9. The number of carbonyl (C=O) groups excluding carboxylic acids is 1. The van der Waals surface area contributed by atoms with E-state index in [-0.39, 0.29) is 18.6 Å². The second-order valence-corrected chi connectivity index (χ2v) is 10.9. The zero-order chi connectivity index (χ0) is 26.6. The molecular weight excluding hydrogens is 530 g/mol. The lowest BCUT2D eigenvalue weighted by Crippen LogP contribution is -2.39. The van der Waals surface area contributed by atoms with Crippen molar-refractivity contribution < 1.29 is 18.8 Å². The number of fused-ring (bicyclic) bond motifs is 1. The van der Waals surface area contributed by atoms with E-state index in [2.05, 4.69) is 14.9 Å². The molecule has 1 amide bonds. The number of hydrogen-bond donors (Lipinski definition) is 3. The van der Waals surface area contributed by atoms with E-state index in [1.807, 2.05) is 21.5 Å². The number of benzene rings is 1. The van der Waals surface area contributed by atoms with Gasteiger partial charge in [0.1, 0.15) is 22.6 Å². The number of ether oxygens (including phenoxy) is 1. The van der Waals surface area contributed by atoms with E-state index in [4.69, 9.17) is 26.4 Å². The SMILES string of the molecule is CS(=O)Nc1ccc(Cl)cc1C(=O)N1CCCCC1c1cc2nc(NCCO)cc(N3CCOCC3)n2n1. The molecule has 1 aromatic carbocycles. The minimum absolute atomic E-state index is 0.00459.